The number of nitrogens with one attached hydrogen (secondary N) is 2. The molecule has 0 aliphatic rings. The van der Waals surface area contributed by atoms with E-state index in [-0.39, 0.29) is 40.5 Å². The zero-order chi connectivity index (χ0) is 25.5. The molecule has 0 aromatic heterocycles. The van der Waals surface area contributed by atoms with Gasteiger partial charge in [0.25, 0.3) is 5.91 Å². The van der Waals surface area contributed by atoms with Gasteiger partial charge in [0.1, 0.15) is 17.2 Å². The quantitative estimate of drug-likeness (QED) is 0.308. The van der Waals surface area contributed by atoms with E-state index in [0.29, 0.717) is 11.3 Å². The monoisotopic (exact) mass is 496 g/mol. The topological polar surface area (TPSA) is 114 Å². The minimum absolute atomic E-state index is 0.0392. The molecule has 2 amide bonds. The highest BCUT2D eigenvalue weighted by Crippen LogP contribution is 2.36. The minimum Gasteiger partial charge on any atom is -0.507 e. The molecule has 3 N–H and O–H groups in total. The zero-order valence-electron chi connectivity index (χ0n) is 19.4. The van der Waals surface area contributed by atoms with E-state index < -0.39 is 17.8 Å². The second kappa shape index (κ2) is 11.4. The summed E-state index contributed by atoms with van der Waals surface area (Å²) in [5, 5.41) is 15.7. The number of rotatable bonds is 7. The maximum absolute atomic E-state index is 12.8. The lowest BCUT2D eigenvalue weighted by Gasteiger charge is -2.16. The first kappa shape index (κ1) is 25.6. The van der Waals surface area contributed by atoms with Crippen molar-refractivity contribution < 1.29 is 29.0 Å². The highest BCUT2D eigenvalue weighted by atomic mass is 35.5. The molecule has 0 unspecified atom stereocenters. The van der Waals surface area contributed by atoms with Crippen LogP contribution in [0.3, 0.4) is 0 Å². The van der Waals surface area contributed by atoms with Crippen molar-refractivity contribution >= 4 is 35.1 Å². The lowest BCUT2D eigenvalue weighted by Crippen LogP contribution is -2.26. The molecule has 0 spiro atoms. The van der Waals surface area contributed by atoms with E-state index in [4.69, 9.17) is 16.3 Å². The van der Waals surface area contributed by atoms with Crippen molar-refractivity contribution in [2.24, 2.45) is 0 Å². The second-order valence-corrected chi connectivity index (χ2v) is 8.07. The second-order valence-electron chi connectivity index (χ2n) is 7.67. The maximum Gasteiger partial charge on any atom is 0.397 e. The molecule has 0 heterocycles. The number of phenols is 1. The SMILES string of the molecule is CCOC(=O)C(=O)Nc1cc(C)c(Oc2ccc(O)c(C(=O)N[C@@H](C)c3ccccc3)c2)c(Cl)c1. The number of benzene rings is 3. The summed E-state index contributed by atoms with van der Waals surface area (Å²) in [5.41, 5.74) is 1.81. The van der Waals surface area contributed by atoms with Gasteiger partial charge in [-0.1, -0.05) is 41.9 Å². The van der Waals surface area contributed by atoms with Crippen LogP contribution in [0.2, 0.25) is 5.02 Å². The molecular weight excluding hydrogens is 472 g/mol. The first-order valence-electron chi connectivity index (χ1n) is 10.8. The molecule has 3 rings (SSSR count). The van der Waals surface area contributed by atoms with Gasteiger partial charge in [0.2, 0.25) is 0 Å². The van der Waals surface area contributed by atoms with Crippen molar-refractivity contribution in [3.63, 3.8) is 0 Å². The van der Waals surface area contributed by atoms with Crippen molar-refractivity contribution in [3.8, 4) is 17.2 Å². The Balaban J connectivity index is 1.77. The largest absolute Gasteiger partial charge is 0.507 e. The highest BCUT2D eigenvalue weighted by molar-refractivity contribution is 6.37. The Kier molecular flexibility index (Phi) is 8.33. The van der Waals surface area contributed by atoms with Crippen molar-refractivity contribution in [1.29, 1.82) is 0 Å². The third kappa shape index (κ3) is 6.51. The number of esters is 1. The van der Waals surface area contributed by atoms with Gasteiger partial charge >= 0.3 is 11.9 Å². The Morgan fingerprint density at radius 3 is 2.43 bits per heavy atom. The smallest absolute Gasteiger partial charge is 0.397 e. The van der Waals surface area contributed by atoms with Gasteiger partial charge in [-0.3, -0.25) is 9.59 Å². The maximum atomic E-state index is 12.8. The van der Waals surface area contributed by atoms with E-state index in [1.165, 1.54) is 24.3 Å². The molecule has 182 valence electrons. The predicted molar refractivity (Wildman–Crippen MR) is 132 cm³/mol. The van der Waals surface area contributed by atoms with Crippen molar-refractivity contribution in [1.82, 2.24) is 5.32 Å². The first-order chi connectivity index (χ1) is 16.7. The molecule has 0 aliphatic heterocycles. The summed E-state index contributed by atoms with van der Waals surface area (Å²) in [6.45, 7) is 5.23. The summed E-state index contributed by atoms with van der Waals surface area (Å²) in [6.07, 6.45) is 0. The van der Waals surface area contributed by atoms with E-state index >= 15 is 0 Å². The van der Waals surface area contributed by atoms with Crippen LogP contribution < -0.4 is 15.4 Å². The molecule has 0 aliphatic carbocycles. The van der Waals surface area contributed by atoms with Gasteiger partial charge in [0, 0.05) is 5.69 Å². The number of aryl methyl sites for hydroxylation is 1. The van der Waals surface area contributed by atoms with Gasteiger partial charge < -0.3 is 25.2 Å². The van der Waals surface area contributed by atoms with Crippen LogP contribution in [0.1, 0.15) is 41.4 Å². The third-order valence-electron chi connectivity index (χ3n) is 5.03. The number of ether oxygens (including phenoxy) is 2. The lowest BCUT2D eigenvalue weighted by atomic mass is 10.1. The molecule has 0 saturated carbocycles. The predicted octanol–water partition coefficient (Wildman–Crippen LogP) is 5.14. The van der Waals surface area contributed by atoms with Crippen molar-refractivity contribution in [2.45, 2.75) is 26.8 Å². The number of amides is 2. The zero-order valence-corrected chi connectivity index (χ0v) is 20.2. The Labute approximate surface area is 207 Å². The summed E-state index contributed by atoms with van der Waals surface area (Å²) in [7, 11) is 0. The van der Waals surface area contributed by atoms with Gasteiger partial charge in [-0.05, 0) is 62.2 Å². The molecule has 35 heavy (non-hydrogen) atoms. The number of anilines is 1. The van der Waals surface area contributed by atoms with Crippen molar-refractivity contribution in [2.75, 3.05) is 11.9 Å². The van der Waals surface area contributed by atoms with Crippen LogP contribution in [-0.4, -0.2) is 29.5 Å². The number of carbonyl (C=O) groups is 3. The molecule has 3 aromatic carbocycles. The number of carbonyl (C=O) groups excluding carboxylic acids is 3. The molecule has 1 atom stereocenters. The van der Waals surface area contributed by atoms with Crippen LogP contribution in [0.15, 0.2) is 60.7 Å². The highest BCUT2D eigenvalue weighted by Gasteiger charge is 2.19. The molecule has 9 heteroatoms. The lowest BCUT2D eigenvalue weighted by molar-refractivity contribution is -0.152. The molecule has 3 aromatic rings. The van der Waals surface area contributed by atoms with Gasteiger partial charge in [0.05, 0.1) is 23.2 Å². The van der Waals surface area contributed by atoms with Crippen LogP contribution in [0.4, 0.5) is 5.69 Å². The molecular formula is C26H25ClN2O6. The fraction of sp³-hybridized carbons (Fsp3) is 0.192. The Hall–Kier alpha value is -4.04. The van der Waals surface area contributed by atoms with Crippen LogP contribution in [0.5, 0.6) is 17.2 Å². The fourth-order valence-corrected chi connectivity index (χ4v) is 3.59. The van der Waals surface area contributed by atoms with E-state index in [1.54, 1.807) is 19.9 Å². The molecule has 0 radical (unpaired) electrons. The van der Waals surface area contributed by atoms with Gasteiger partial charge in [-0.2, -0.15) is 0 Å². The summed E-state index contributed by atoms with van der Waals surface area (Å²) in [5.74, 6) is -2.03. The number of phenolic OH excluding ortho intramolecular Hbond substituents is 1. The number of aromatic hydroxyl groups is 1. The van der Waals surface area contributed by atoms with Gasteiger partial charge in [-0.25, -0.2) is 4.79 Å². The van der Waals surface area contributed by atoms with E-state index in [2.05, 4.69) is 15.4 Å². The first-order valence-corrected chi connectivity index (χ1v) is 11.2. The third-order valence-corrected chi connectivity index (χ3v) is 5.31. The fourth-order valence-electron chi connectivity index (χ4n) is 3.29. The average molecular weight is 497 g/mol. The average Bonchev–Trinajstić information content (AvgIpc) is 2.83. The minimum atomic E-state index is -1.00. The molecule has 0 bridgehead atoms. The van der Waals surface area contributed by atoms with Crippen LogP contribution in [-0.2, 0) is 14.3 Å². The summed E-state index contributed by atoms with van der Waals surface area (Å²) in [6, 6.07) is 16.4. The van der Waals surface area contributed by atoms with E-state index in [1.807, 2.05) is 37.3 Å². The number of hydrogen-bond acceptors (Lipinski definition) is 6. The Morgan fingerprint density at radius 2 is 1.77 bits per heavy atom. The molecule has 8 nitrogen and oxygen atoms in total. The van der Waals surface area contributed by atoms with Crippen LogP contribution in [0, 0.1) is 6.92 Å². The summed E-state index contributed by atoms with van der Waals surface area (Å²) >= 11 is 6.36. The Morgan fingerprint density at radius 1 is 1.06 bits per heavy atom. The summed E-state index contributed by atoms with van der Waals surface area (Å²) in [4.78, 5) is 36.2. The van der Waals surface area contributed by atoms with Crippen molar-refractivity contribution in [3.05, 3.63) is 82.4 Å². The standard InChI is InChI=1S/C26H25ClN2O6/c1-4-34-26(33)25(32)29-18-12-15(2)23(21(27)13-18)35-19-10-11-22(30)20(14-19)24(31)28-16(3)17-8-6-5-7-9-17/h5-14,16,30H,4H2,1-3H3,(H,28,31)(H,29,32)/t16-/m0/s1. The summed E-state index contributed by atoms with van der Waals surface area (Å²) < 4.78 is 10.6. The Bertz CT molecular complexity index is 1220. The molecule has 0 fully saturated rings. The van der Waals surface area contributed by atoms with Crippen LogP contribution in [0.25, 0.3) is 0 Å². The van der Waals surface area contributed by atoms with Gasteiger partial charge in [-0.15, -0.1) is 0 Å². The number of hydrogen-bond donors (Lipinski definition) is 3. The van der Waals surface area contributed by atoms with Crippen LogP contribution >= 0.6 is 11.6 Å². The molecule has 0 saturated heterocycles. The van der Waals surface area contributed by atoms with E-state index in [9.17, 15) is 19.5 Å². The van der Waals surface area contributed by atoms with E-state index in [0.717, 1.165) is 5.56 Å². The van der Waals surface area contributed by atoms with Gasteiger partial charge in [0.15, 0.2) is 0 Å². The number of halogens is 1. The normalized spacial score (nSPS) is 11.3.